The lowest BCUT2D eigenvalue weighted by atomic mass is 9.85. The molecule has 1 aromatic carbocycles. The van der Waals surface area contributed by atoms with Crippen LogP contribution in [0.5, 0.6) is 0 Å². The molecule has 0 spiro atoms. The summed E-state index contributed by atoms with van der Waals surface area (Å²) < 4.78 is 0. The fraction of sp³-hybridized carbons (Fsp3) is 0.235. The number of nitrogens with one attached hydrogen (secondary N) is 3. The minimum absolute atomic E-state index is 0.0988. The molecule has 2 heterocycles. The molecule has 118 valence electrons. The number of allylic oxidation sites excluding steroid dienone is 1. The first-order valence-corrected chi connectivity index (χ1v) is 7.43. The summed E-state index contributed by atoms with van der Waals surface area (Å²) in [5.74, 6) is -0.0821. The van der Waals surface area contributed by atoms with E-state index in [0.717, 1.165) is 16.7 Å². The lowest BCUT2D eigenvalue weighted by Gasteiger charge is -2.23. The molecular weight excluding hydrogens is 292 g/mol. The summed E-state index contributed by atoms with van der Waals surface area (Å²) in [6, 6.07) is 9.89. The lowest BCUT2D eigenvalue weighted by Crippen LogP contribution is -2.26. The highest BCUT2D eigenvalue weighted by molar-refractivity contribution is 6.00. The van der Waals surface area contributed by atoms with Crippen LogP contribution in [-0.4, -0.2) is 29.1 Å². The first kappa shape index (κ1) is 15.0. The van der Waals surface area contributed by atoms with Crippen LogP contribution in [0.2, 0.25) is 0 Å². The van der Waals surface area contributed by atoms with Crippen molar-refractivity contribution in [2.45, 2.75) is 19.3 Å². The average Bonchev–Trinajstić information content (AvgIpc) is 2.97. The molecule has 0 bridgehead atoms. The Bertz CT molecular complexity index is 777. The Morgan fingerprint density at radius 1 is 1.35 bits per heavy atom. The zero-order valence-corrected chi connectivity index (χ0v) is 13.0. The highest BCUT2D eigenvalue weighted by Crippen LogP contribution is 2.38. The summed E-state index contributed by atoms with van der Waals surface area (Å²) in [6.45, 7) is 1.97. The van der Waals surface area contributed by atoms with E-state index in [0.29, 0.717) is 17.9 Å². The molecule has 0 saturated carbocycles. The number of carbonyl (C=O) groups is 2. The van der Waals surface area contributed by atoms with E-state index >= 15 is 0 Å². The number of benzene rings is 1. The van der Waals surface area contributed by atoms with Gasteiger partial charge in [-0.3, -0.25) is 14.7 Å². The lowest BCUT2D eigenvalue weighted by molar-refractivity contribution is -0.116. The van der Waals surface area contributed by atoms with Gasteiger partial charge >= 0.3 is 0 Å². The van der Waals surface area contributed by atoms with Crippen LogP contribution in [0.25, 0.3) is 6.08 Å². The molecule has 1 aromatic heterocycles. The van der Waals surface area contributed by atoms with Crippen molar-refractivity contribution >= 4 is 23.7 Å². The second kappa shape index (κ2) is 6.08. The number of H-pyrrole nitrogens is 1. The summed E-state index contributed by atoms with van der Waals surface area (Å²) >= 11 is 0. The second-order valence-corrected chi connectivity index (χ2v) is 5.54. The van der Waals surface area contributed by atoms with Gasteiger partial charge in [0.1, 0.15) is 5.69 Å². The number of carbonyl (C=O) groups excluding carboxylic acids is 2. The number of hydrogen-bond acceptors (Lipinski definition) is 3. The minimum atomic E-state index is -0.243. The fourth-order valence-corrected chi connectivity index (χ4v) is 2.86. The zero-order chi connectivity index (χ0) is 16.4. The number of hydrogen-bond donors (Lipinski definition) is 3. The van der Waals surface area contributed by atoms with Crippen molar-refractivity contribution in [1.82, 2.24) is 15.5 Å². The number of aromatic amines is 1. The first-order chi connectivity index (χ1) is 11.1. The molecule has 1 aliphatic heterocycles. The third-order valence-electron chi connectivity index (χ3n) is 4.00. The van der Waals surface area contributed by atoms with Gasteiger partial charge in [0.2, 0.25) is 5.91 Å². The first-order valence-electron chi connectivity index (χ1n) is 7.43. The molecule has 2 aromatic rings. The largest absolute Gasteiger partial charge is 0.354 e. The van der Waals surface area contributed by atoms with E-state index in [9.17, 15) is 9.59 Å². The van der Waals surface area contributed by atoms with E-state index in [4.69, 9.17) is 0 Å². The van der Waals surface area contributed by atoms with E-state index in [1.54, 1.807) is 7.05 Å². The van der Waals surface area contributed by atoms with Crippen molar-refractivity contribution in [2.24, 2.45) is 0 Å². The quantitative estimate of drug-likeness (QED) is 0.813. The minimum Gasteiger partial charge on any atom is -0.354 e. The molecule has 2 amide bonds. The van der Waals surface area contributed by atoms with E-state index in [1.807, 2.05) is 43.3 Å². The van der Waals surface area contributed by atoms with E-state index in [1.165, 1.54) is 0 Å². The third kappa shape index (κ3) is 2.88. The molecule has 3 N–H and O–H groups in total. The van der Waals surface area contributed by atoms with Gasteiger partial charge in [0.15, 0.2) is 5.82 Å². The molecule has 1 atom stereocenters. The molecule has 3 rings (SSSR count). The maximum atomic E-state index is 12.0. The summed E-state index contributed by atoms with van der Waals surface area (Å²) in [7, 11) is 1.57. The fourth-order valence-electron chi connectivity index (χ4n) is 2.86. The maximum absolute atomic E-state index is 12.0. The van der Waals surface area contributed by atoms with Crippen molar-refractivity contribution in [1.29, 1.82) is 0 Å². The predicted molar refractivity (Wildman–Crippen MR) is 88.1 cm³/mol. The van der Waals surface area contributed by atoms with Crippen LogP contribution in [0.3, 0.4) is 0 Å². The number of anilines is 1. The summed E-state index contributed by atoms with van der Waals surface area (Å²) in [5.41, 5.74) is 3.21. The molecule has 1 aliphatic rings. The molecule has 0 radical (unpaired) electrons. The van der Waals surface area contributed by atoms with Gasteiger partial charge in [-0.2, -0.15) is 5.10 Å². The van der Waals surface area contributed by atoms with E-state index in [2.05, 4.69) is 20.8 Å². The van der Waals surface area contributed by atoms with Gasteiger partial charge in [-0.15, -0.1) is 0 Å². The molecule has 0 fully saturated rings. The van der Waals surface area contributed by atoms with Crippen molar-refractivity contribution in [3.05, 3.63) is 52.7 Å². The number of nitrogens with zero attached hydrogens (tertiary/aromatic N) is 1. The molecule has 0 unspecified atom stereocenters. The Labute approximate surface area is 134 Å². The van der Waals surface area contributed by atoms with Gasteiger partial charge in [-0.25, -0.2) is 0 Å². The highest BCUT2D eigenvalue weighted by atomic mass is 16.2. The van der Waals surface area contributed by atoms with Gasteiger partial charge in [-0.05, 0) is 12.5 Å². The van der Waals surface area contributed by atoms with Gasteiger partial charge in [0.05, 0.1) is 0 Å². The van der Waals surface area contributed by atoms with Crippen molar-refractivity contribution < 1.29 is 9.59 Å². The molecular formula is C17H18N4O2. The van der Waals surface area contributed by atoms with Crippen LogP contribution in [0.15, 0.2) is 35.9 Å². The molecule has 0 saturated heterocycles. The summed E-state index contributed by atoms with van der Waals surface area (Å²) in [4.78, 5) is 24.0. The van der Waals surface area contributed by atoms with E-state index < -0.39 is 0 Å². The van der Waals surface area contributed by atoms with Gasteiger partial charge in [0.25, 0.3) is 5.91 Å². The topological polar surface area (TPSA) is 86.9 Å². The van der Waals surface area contributed by atoms with Crippen LogP contribution < -0.4 is 10.6 Å². The van der Waals surface area contributed by atoms with E-state index in [-0.39, 0.29) is 17.7 Å². The van der Waals surface area contributed by atoms with Crippen LogP contribution in [0.1, 0.15) is 40.9 Å². The SMILES string of the molecule is CNC(=O)c1[nH]nc2c1[C@@H](/C(C)=C/c1ccccc1)CC(=O)N2. The number of amides is 2. The summed E-state index contributed by atoms with van der Waals surface area (Å²) in [6.07, 6.45) is 2.33. The Morgan fingerprint density at radius 2 is 2.09 bits per heavy atom. The van der Waals surface area contributed by atoms with Gasteiger partial charge in [-0.1, -0.05) is 42.0 Å². The Hall–Kier alpha value is -2.89. The molecule has 23 heavy (non-hydrogen) atoms. The maximum Gasteiger partial charge on any atom is 0.269 e. The van der Waals surface area contributed by atoms with Gasteiger partial charge in [0, 0.05) is 24.9 Å². The number of fused-ring (bicyclic) bond motifs is 1. The van der Waals surface area contributed by atoms with Crippen molar-refractivity contribution in [2.75, 3.05) is 12.4 Å². The monoisotopic (exact) mass is 310 g/mol. The molecule has 0 aliphatic carbocycles. The van der Waals surface area contributed by atoms with Crippen molar-refractivity contribution in [3.63, 3.8) is 0 Å². The predicted octanol–water partition coefficient (Wildman–Crippen LogP) is 2.30. The van der Waals surface area contributed by atoms with Crippen molar-refractivity contribution in [3.8, 4) is 0 Å². The average molecular weight is 310 g/mol. The standard InChI is InChI=1S/C17H18N4O2/c1-10(8-11-6-4-3-5-7-11)12-9-13(22)19-16-14(12)15(20-21-16)17(23)18-2/h3-8,12H,9H2,1-2H3,(H,18,23)(H2,19,20,21,22)/b10-8+/t12-/m1/s1. The number of rotatable bonds is 3. The second-order valence-electron chi connectivity index (χ2n) is 5.54. The summed E-state index contributed by atoms with van der Waals surface area (Å²) in [5, 5.41) is 12.1. The van der Waals surface area contributed by atoms with Crippen LogP contribution in [0, 0.1) is 0 Å². The van der Waals surface area contributed by atoms with Crippen LogP contribution in [-0.2, 0) is 4.79 Å². The van der Waals surface area contributed by atoms with Crippen LogP contribution >= 0.6 is 0 Å². The molecule has 6 nitrogen and oxygen atoms in total. The zero-order valence-electron chi connectivity index (χ0n) is 13.0. The Morgan fingerprint density at radius 3 is 2.78 bits per heavy atom. The highest BCUT2D eigenvalue weighted by Gasteiger charge is 2.33. The smallest absolute Gasteiger partial charge is 0.269 e. The molecule has 6 heteroatoms. The van der Waals surface area contributed by atoms with Crippen LogP contribution in [0.4, 0.5) is 5.82 Å². The Balaban J connectivity index is 2.04. The van der Waals surface area contributed by atoms with Gasteiger partial charge < -0.3 is 10.6 Å². The normalized spacial score (nSPS) is 17.4. The number of aromatic nitrogens is 2. The third-order valence-corrected chi connectivity index (χ3v) is 4.00. The Kier molecular flexibility index (Phi) is 3.97.